The molecule has 1 amide bonds. The summed E-state index contributed by atoms with van der Waals surface area (Å²) in [7, 11) is 2.86. The number of esters is 1. The lowest BCUT2D eigenvalue weighted by atomic mass is 10.2. The highest BCUT2D eigenvalue weighted by atomic mass is 35.5. The summed E-state index contributed by atoms with van der Waals surface area (Å²) in [5.74, 6) is 0.0419. The number of nitrogens with one attached hydrogen (secondary N) is 1. The molecule has 2 aromatic rings. The number of ether oxygens (including phenoxy) is 3. The molecule has 7 nitrogen and oxygen atoms in total. The number of rotatable bonds is 7. The Morgan fingerprint density at radius 2 is 2.04 bits per heavy atom. The number of benzene rings is 1. The Labute approximate surface area is 149 Å². The van der Waals surface area contributed by atoms with Crippen molar-refractivity contribution >= 4 is 23.5 Å². The van der Waals surface area contributed by atoms with Crippen molar-refractivity contribution in [2.45, 2.75) is 19.6 Å². The van der Waals surface area contributed by atoms with Crippen LogP contribution >= 0.6 is 11.6 Å². The topological polar surface area (TPSA) is 87.0 Å². The van der Waals surface area contributed by atoms with Crippen LogP contribution in [-0.4, -0.2) is 32.2 Å². The fourth-order valence-corrected chi connectivity index (χ4v) is 2.34. The molecule has 0 spiro atoms. The Kier molecular flexibility index (Phi) is 6.30. The van der Waals surface area contributed by atoms with Gasteiger partial charge in [-0.25, -0.2) is 4.79 Å². The lowest BCUT2D eigenvalue weighted by Gasteiger charge is -2.15. The van der Waals surface area contributed by atoms with Gasteiger partial charge in [0, 0.05) is 0 Å². The van der Waals surface area contributed by atoms with Gasteiger partial charge in [0.2, 0.25) is 0 Å². The third-order valence-electron chi connectivity index (χ3n) is 3.34. The summed E-state index contributed by atoms with van der Waals surface area (Å²) in [6.07, 6.45) is 0.514. The van der Waals surface area contributed by atoms with Gasteiger partial charge in [-0.05, 0) is 31.2 Å². The largest absolute Gasteiger partial charge is 0.493 e. The number of hydrogen-bond donors (Lipinski definition) is 1. The lowest BCUT2D eigenvalue weighted by Crippen LogP contribution is -2.35. The minimum Gasteiger partial charge on any atom is -0.493 e. The maximum Gasteiger partial charge on any atom is 0.339 e. The second kappa shape index (κ2) is 8.43. The van der Waals surface area contributed by atoms with E-state index < -0.39 is 18.0 Å². The average molecular weight is 368 g/mol. The van der Waals surface area contributed by atoms with Crippen LogP contribution < -0.4 is 14.8 Å². The van der Waals surface area contributed by atoms with Crippen molar-refractivity contribution in [1.82, 2.24) is 5.32 Å². The van der Waals surface area contributed by atoms with Crippen molar-refractivity contribution < 1.29 is 28.2 Å². The fourth-order valence-electron chi connectivity index (χ4n) is 2.05. The van der Waals surface area contributed by atoms with E-state index in [0.717, 1.165) is 0 Å². The van der Waals surface area contributed by atoms with Gasteiger partial charge in [-0.3, -0.25) is 4.79 Å². The summed E-state index contributed by atoms with van der Waals surface area (Å²) in [5, 5.41) is 2.81. The lowest BCUT2D eigenvalue weighted by molar-refractivity contribution is -0.129. The molecule has 0 aliphatic heterocycles. The summed E-state index contributed by atoms with van der Waals surface area (Å²) >= 11 is 6.06. The predicted molar refractivity (Wildman–Crippen MR) is 90.0 cm³/mol. The van der Waals surface area contributed by atoms with Crippen LogP contribution in [0.15, 0.2) is 34.9 Å². The molecule has 0 aliphatic carbocycles. The van der Waals surface area contributed by atoms with Gasteiger partial charge < -0.3 is 23.9 Å². The molecule has 0 bridgehead atoms. The van der Waals surface area contributed by atoms with Crippen molar-refractivity contribution in [3.63, 3.8) is 0 Å². The first kappa shape index (κ1) is 18.7. The molecule has 134 valence electrons. The zero-order valence-corrected chi connectivity index (χ0v) is 14.8. The predicted octanol–water partition coefficient (Wildman–Crippen LogP) is 2.81. The van der Waals surface area contributed by atoms with E-state index in [4.69, 9.17) is 30.2 Å². The van der Waals surface area contributed by atoms with E-state index >= 15 is 0 Å². The van der Waals surface area contributed by atoms with Crippen molar-refractivity contribution in [1.29, 1.82) is 0 Å². The van der Waals surface area contributed by atoms with Crippen LogP contribution in [0.1, 0.15) is 23.0 Å². The van der Waals surface area contributed by atoms with Crippen molar-refractivity contribution in [3.8, 4) is 11.5 Å². The van der Waals surface area contributed by atoms with Gasteiger partial charge in [0.05, 0.1) is 37.6 Å². The quantitative estimate of drug-likeness (QED) is 0.757. The highest BCUT2D eigenvalue weighted by Crippen LogP contribution is 2.36. The van der Waals surface area contributed by atoms with Gasteiger partial charge in [0.15, 0.2) is 17.6 Å². The maximum atomic E-state index is 12.2. The van der Waals surface area contributed by atoms with Crippen LogP contribution in [0, 0.1) is 0 Å². The van der Waals surface area contributed by atoms with Crippen LogP contribution in [0.2, 0.25) is 5.02 Å². The molecule has 0 saturated carbocycles. The second-order valence-corrected chi connectivity index (χ2v) is 5.45. The highest BCUT2D eigenvalue weighted by molar-refractivity contribution is 6.32. The first-order chi connectivity index (χ1) is 12.0. The van der Waals surface area contributed by atoms with E-state index in [1.165, 1.54) is 39.5 Å². The number of carbonyl (C=O) groups is 2. The van der Waals surface area contributed by atoms with Gasteiger partial charge in [-0.2, -0.15) is 0 Å². The molecule has 1 atom stereocenters. The van der Waals surface area contributed by atoms with Crippen molar-refractivity contribution in [3.05, 3.63) is 46.9 Å². The van der Waals surface area contributed by atoms with Crippen molar-refractivity contribution in [2.75, 3.05) is 14.2 Å². The van der Waals surface area contributed by atoms with Gasteiger partial charge in [-0.15, -0.1) is 0 Å². The molecule has 0 saturated heterocycles. The summed E-state index contributed by atoms with van der Waals surface area (Å²) in [6.45, 7) is 1.67. The molecule has 1 aromatic carbocycles. The zero-order chi connectivity index (χ0) is 18.4. The summed E-state index contributed by atoms with van der Waals surface area (Å²) < 4.78 is 20.5. The zero-order valence-electron chi connectivity index (χ0n) is 14.0. The molecule has 1 N–H and O–H groups in total. The fraction of sp³-hybridized carbons (Fsp3) is 0.294. The number of methoxy groups -OCH3 is 2. The molecule has 0 radical (unpaired) electrons. The Morgan fingerprint density at radius 1 is 1.28 bits per heavy atom. The smallest absolute Gasteiger partial charge is 0.339 e. The van der Waals surface area contributed by atoms with Crippen LogP contribution in [0.25, 0.3) is 0 Å². The van der Waals surface area contributed by atoms with E-state index in [9.17, 15) is 9.59 Å². The minimum absolute atomic E-state index is 0.147. The van der Waals surface area contributed by atoms with Crippen LogP contribution in [-0.2, 0) is 16.1 Å². The number of furan rings is 1. The molecular weight excluding hydrogens is 350 g/mol. The molecular formula is C17H18ClNO6. The third kappa shape index (κ3) is 4.67. The van der Waals surface area contributed by atoms with Crippen LogP contribution in [0.3, 0.4) is 0 Å². The molecule has 0 aliphatic rings. The number of amides is 1. The number of carbonyl (C=O) groups excluding carboxylic acids is 2. The van der Waals surface area contributed by atoms with E-state index in [1.54, 1.807) is 12.1 Å². The molecule has 0 fully saturated rings. The van der Waals surface area contributed by atoms with Gasteiger partial charge in [0.25, 0.3) is 5.91 Å². The molecule has 1 aromatic heterocycles. The Hall–Kier alpha value is -2.67. The van der Waals surface area contributed by atoms with Gasteiger partial charge >= 0.3 is 5.97 Å². The Morgan fingerprint density at radius 3 is 2.64 bits per heavy atom. The minimum atomic E-state index is -0.991. The Balaban J connectivity index is 2.00. The summed E-state index contributed by atoms with van der Waals surface area (Å²) in [6, 6.07) is 6.26. The van der Waals surface area contributed by atoms with Gasteiger partial charge in [0.1, 0.15) is 5.76 Å². The first-order valence-electron chi connectivity index (χ1n) is 7.38. The van der Waals surface area contributed by atoms with Crippen LogP contribution in [0.4, 0.5) is 0 Å². The SMILES string of the molecule is COc1cc(C(=O)O[C@H](C)C(=O)NCc2ccco2)cc(Cl)c1OC. The molecule has 1 heterocycles. The van der Waals surface area contributed by atoms with E-state index in [1.807, 2.05) is 0 Å². The monoisotopic (exact) mass is 367 g/mol. The average Bonchev–Trinajstić information content (AvgIpc) is 3.12. The normalized spacial score (nSPS) is 11.5. The van der Waals surface area contributed by atoms with Gasteiger partial charge in [-0.1, -0.05) is 11.6 Å². The first-order valence-corrected chi connectivity index (χ1v) is 7.76. The Bertz CT molecular complexity index is 744. The molecule has 8 heteroatoms. The third-order valence-corrected chi connectivity index (χ3v) is 3.62. The standard InChI is InChI=1S/C17H18ClNO6/c1-10(16(20)19-9-12-5-4-6-24-12)25-17(21)11-7-13(18)15(23-3)14(8-11)22-2/h4-8,10H,9H2,1-3H3,(H,19,20)/t10-/m1/s1. The molecule has 25 heavy (non-hydrogen) atoms. The molecule has 2 rings (SSSR count). The number of halogens is 1. The van der Waals surface area contributed by atoms with Crippen LogP contribution in [0.5, 0.6) is 11.5 Å². The summed E-state index contributed by atoms with van der Waals surface area (Å²) in [4.78, 5) is 24.2. The molecule has 0 unspecified atom stereocenters. The summed E-state index contributed by atoms with van der Waals surface area (Å²) in [5.41, 5.74) is 0.147. The second-order valence-electron chi connectivity index (χ2n) is 5.04. The van der Waals surface area contributed by atoms with Crippen molar-refractivity contribution in [2.24, 2.45) is 0 Å². The maximum absolute atomic E-state index is 12.2. The number of hydrogen-bond acceptors (Lipinski definition) is 6. The highest BCUT2D eigenvalue weighted by Gasteiger charge is 2.21. The van der Waals surface area contributed by atoms with E-state index in [0.29, 0.717) is 11.5 Å². The van der Waals surface area contributed by atoms with E-state index in [2.05, 4.69) is 5.32 Å². The van der Waals surface area contributed by atoms with E-state index in [-0.39, 0.29) is 22.9 Å².